The first-order chi connectivity index (χ1) is 6.40. The van der Waals surface area contributed by atoms with Gasteiger partial charge < -0.3 is 5.21 Å². The maximum Gasteiger partial charge on any atom is 0.0870 e. The summed E-state index contributed by atoms with van der Waals surface area (Å²) in [6.07, 6.45) is 3.48. The summed E-state index contributed by atoms with van der Waals surface area (Å²) in [5, 5.41) is 12.2. The van der Waals surface area contributed by atoms with Gasteiger partial charge in [-0.25, -0.2) is 0 Å². The second-order valence-corrected chi connectivity index (χ2v) is 3.56. The lowest BCUT2D eigenvalue weighted by Gasteiger charge is -2.02. The molecule has 1 N–H and O–H groups in total. The highest BCUT2D eigenvalue weighted by Gasteiger charge is 2.23. The first-order valence-corrected chi connectivity index (χ1v) is 4.66. The van der Waals surface area contributed by atoms with Crippen molar-refractivity contribution in [3.8, 4) is 0 Å². The van der Waals surface area contributed by atoms with Gasteiger partial charge in [-0.1, -0.05) is 35.5 Å². The van der Waals surface area contributed by atoms with E-state index in [4.69, 9.17) is 5.21 Å². The monoisotopic (exact) mass is 175 g/mol. The van der Waals surface area contributed by atoms with E-state index in [2.05, 4.69) is 5.16 Å². The fourth-order valence-corrected chi connectivity index (χ4v) is 1.44. The van der Waals surface area contributed by atoms with Crippen LogP contribution in [0.15, 0.2) is 35.5 Å². The predicted molar refractivity (Wildman–Crippen MR) is 52.1 cm³/mol. The molecule has 0 saturated heterocycles. The Hall–Kier alpha value is -1.31. The fourth-order valence-electron chi connectivity index (χ4n) is 1.44. The van der Waals surface area contributed by atoms with Crippen LogP contribution < -0.4 is 0 Å². The minimum absolute atomic E-state index is 0.756. The van der Waals surface area contributed by atoms with Crippen molar-refractivity contribution < 1.29 is 5.21 Å². The molecule has 0 aliphatic heterocycles. The molecule has 0 atom stereocenters. The third-order valence-corrected chi connectivity index (χ3v) is 2.41. The van der Waals surface area contributed by atoms with Crippen molar-refractivity contribution in [2.24, 2.45) is 11.1 Å². The fraction of sp³-hybridized carbons (Fsp3) is 0.364. The van der Waals surface area contributed by atoms with E-state index in [1.165, 1.54) is 12.8 Å². The first kappa shape index (κ1) is 8.30. The molecule has 0 radical (unpaired) electrons. The Kier molecular flexibility index (Phi) is 2.30. The van der Waals surface area contributed by atoms with Gasteiger partial charge in [-0.3, -0.25) is 0 Å². The van der Waals surface area contributed by atoms with Crippen LogP contribution in [0.4, 0.5) is 0 Å². The molecule has 0 unspecified atom stereocenters. The Morgan fingerprint density at radius 2 is 2.00 bits per heavy atom. The zero-order valence-corrected chi connectivity index (χ0v) is 7.48. The molecule has 1 aromatic carbocycles. The summed E-state index contributed by atoms with van der Waals surface area (Å²) in [4.78, 5) is 0. The maximum atomic E-state index is 8.84. The number of nitrogens with zero attached hydrogens (tertiary/aromatic N) is 1. The van der Waals surface area contributed by atoms with Crippen molar-refractivity contribution in [1.82, 2.24) is 0 Å². The number of rotatable bonds is 3. The van der Waals surface area contributed by atoms with Crippen LogP contribution in [0.25, 0.3) is 0 Å². The van der Waals surface area contributed by atoms with Gasteiger partial charge in [0.1, 0.15) is 0 Å². The van der Waals surface area contributed by atoms with Gasteiger partial charge in [-0.15, -0.1) is 0 Å². The Morgan fingerprint density at radius 1 is 1.31 bits per heavy atom. The van der Waals surface area contributed by atoms with Crippen molar-refractivity contribution in [2.75, 3.05) is 0 Å². The average molecular weight is 175 g/mol. The van der Waals surface area contributed by atoms with Crippen LogP contribution in [0.3, 0.4) is 0 Å². The molecule has 1 saturated carbocycles. The molecule has 0 aromatic heterocycles. The topological polar surface area (TPSA) is 32.6 Å². The molecule has 13 heavy (non-hydrogen) atoms. The second kappa shape index (κ2) is 3.60. The van der Waals surface area contributed by atoms with E-state index in [1.807, 2.05) is 30.3 Å². The van der Waals surface area contributed by atoms with Gasteiger partial charge in [0.05, 0.1) is 5.71 Å². The summed E-state index contributed by atoms with van der Waals surface area (Å²) in [5.74, 6) is 0.756. The summed E-state index contributed by atoms with van der Waals surface area (Å²) in [6.45, 7) is 0. The van der Waals surface area contributed by atoms with Gasteiger partial charge in [0.15, 0.2) is 0 Å². The molecule has 1 fully saturated rings. The number of oxime groups is 1. The van der Waals surface area contributed by atoms with Crippen molar-refractivity contribution in [3.05, 3.63) is 35.9 Å². The molecule has 0 spiro atoms. The Bertz CT molecular complexity index is 301. The third-order valence-electron chi connectivity index (χ3n) is 2.41. The van der Waals surface area contributed by atoms with E-state index in [1.54, 1.807) is 0 Å². The van der Waals surface area contributed by atoms with Crippen LogP contribution in [-0.2, 0) is 0 Å². The number of hydrogen-bond acceptors (Lipinski definition) is 2. The van der Waals surface area contributed by atoms with Crippen molar-refractivity contribution in [1.29, 1.82) is 0 Å². The van der Waals surface area contributed by atoms with Gasteiger partial charge >= 0.3 is 0 Å². The summed E-state index contributed by atoms with van der Waals surface area (Å²) in [6, 6.07) is 9.87. The van der Waals surface area contributed by atoms with Crippen LogP contribution >= 0.6 is 0 Å². The molecule has 1 aliphatic carbocycles. The molecule has 1 aromatic rings. The minimum atomic E-state index is 0.756. The smallest absolute Gasteiger partial charge is 0.0870 e. The van der Waals surface area contributed by atoms with Gasteiger partial charge in [-0.05, 0) is 30.7 Å². The molecule has 1 aliphatic rings. The lowest BCUT2D eigenvalue weighted by Crippen LogP contribution is -2.01. The zero-order valence-electron chi connectivity index (χ0n) is 7.48. The number of hydrogen-bond donors (Lipinski definition) is 1. The Labute approximate surface area is 77.9 Å². The predicted octanol–water partition coefficient (Wildman–Crippen LogP) is 2.67. The van der Waals surface area contributed by atoms with Crippen LogP contribution in [0, 0.1) is 5.92 Å². The molecule has 2 heteroatoms. The average Bonchev–Trinajstić information content (AvgIpc) is 2.99. The van der Waals surface area contributed by atoms with Crippen LogP contribution in [0.5, 0.6) is 0 Å². The molecule has 2 nitrogen and oxygen atoms in total. The second-order valence-electron chi connectivity index (χ2n) is 3.56. The van der Waals surface area contributed by atoms with Gasteiger partial charge in [0.25, 0.3) is 0 Å². The normalized spacial score (nSPS) is 17.4. The number of benzene rings is 1. The standard InChI is InChI=1S/C11H13NO/c13-12-11(8-9-6-7-9)10-4-2-1-3-5-10/h1-5,9,13H,6-8H2/b12-11+. The van der Waals surface area contributed by atoms with Gasteiger partial charge in [0.2, 0.25) is 0 Å². The highest BCUT2D eigenvalue weighted by atomic mass is 16.4. The van der Waals surface area contributed by atoms with Crippen molar-refractivity contribution in [2.45, 2.75) is 19.3 Å². The van der Waals surface area contributed by atoms with E-state index < -0.39 is 0 Å². The highest BCUT2D eigenvalue weighted by Crippen LogP contribution is 2.33. The Balaban J connectivity index is 2.12. The van der Waals surface area contributed by atoms with Crippen molar-refractivity contribution in [3.63, 3.8) is 0 Å². The first-order valence-electron chi connectivity index (χ1n) is 4.66. The van der Waals surface area contributed by atoms with Crippen LogP contribution in [0.2, 0.25) is 0 Å². The van der Waals surface area contributed by atoms with Crippen molar-refractivity contribution >= 4 is 5.71 Å². The highest BCUT2D eigenvalue weighted by molar-refractivity contribution is 6.00. The summed E-state index contributed by atoms with van der Waals surface area (Å²) in [5.41, 5.74) is 1.86. The lowest BCUT2D eigenvalue weighted by molar-refractivity contribution is 0.317. The SMILES string of the molecule is O/N=C(\CC1CC1)c1ccccc1. The van der Waals surface area contributed by atoms with E-state index in [0.717, 1.165) is 23.6 Å². The zero-order chi connectivity index (χ0) is 9.10. The lowest BCUT2D eigenvalue weighted by atomic mass is 10.1. The summed E-state index contributed by atoms with van der Waals surface area (Å²) < 4.78 is 0. The van der Waals surface area contributed by atoms with Crippen LogP contribution in [-0.4, -0.2) is 10.9 Å². The van der Waals surface area contributed by atoms with E-state index in [9.17, 15) is 0 Å². The summed E-state index contributed by atoms with van der Waals surface area (Å²) in [7, 11) is 0. The molecule has 2 rings (SSSR count). The quantitative estimate of drug-likeness (QED) is 0.427. The van der Waals surface area contributed by atoms with Gasteiger partial charge in [-0.2, -0.15) is 0 Å². The molecular formula is C11H13NO. The summed E-state index contributed by atoms with van der Waals surface area (Å²) >= 11 is 0. The van der Waals surface area contributed by atoms with Gasteiger partial charge in [0, 0.05) is 0 Å². The van der Waals surface area contributed by atoms with E-state index in [-0.39, 0.29) is 0 Å². The molecule has 0 heterocycles. The Morgan fingerprint density at radius 3 is 2.54 bits per heavy atom. The third kappa shape index (κ3) is 2.08. The molecule has 0 amide bonds. The molecular weight excluding hydrogens is 162 g/mol. The maximum absolute atomic E-state index is 8.84. The molecule has 68 valence electrons. The minimum Gasteiger partial charge on any atom is -0.411 e. The largest absolute Gasteiger partial charge is 0.411 e. The van der Waals surface area contributed by atoms with E-state index in [0.29, 0.717) is 0 Å². The van der Waals surface area contributed by atoms with E-state index >= 15 is 0 Å². The van der Waals surface area contributed by atoms with Crippen LogP contribution in [0.1, 0.15) is 24.8 Å². The molecule has 0 bridgehead atoms.